The Morgan fingerprint density at radius 3 is 2.58 bits per heavy atom. The lowest BCUT2D eigenvalue weighted by molar-refractivity contribution is -0.158. The Hall–Kier alpha value is -1.96. The Labute approximate surface area is 153 Å². The van der Waals surface area contributed by atoms with Gasteiger partial charge in [0.05, 0.1) is 0 Å². The number of aliphatic hydroxyl groups excluding tert-OH is 1. The van der Waals surface area contributed by atoms with E-state index in [1.54, 1.807) is 0 Å². The third-order valence-corrected chi connectivity index (χ3v) is 4.61. The van der Waals surface area contributed by atoms with Gasteiger partial charge in [0.25, 0.3) is 5.91 Å². The van der Waals surface area contributed by atoms with Crippen molar-refractivity contribution in [3.05, 3.63) is 35.9 Å². The number of nitrogens with two attached hydrogens (primary N) is 1. The number of rotatable bonds is 9. The summed E-state index contributed by atoms with van der Waals surface area (Å²) in [7, 11) is 0. The number of esters is 1. The lowest BCUT2D eigenvalue weighted by atomic mass is 9.84. The van der Waals surface area contributed by atoms with Crippen LogP contribution >= 0.6 is 0 Å². The summed E-state index contributed by atoms with van der Waals surface area (Å²) in [5.41, 5.74) is 8.85. The number of aliphatic hydroxyl groups is 1. The summed E-state index contributed by atoms with van der Waals surface area (Å²) in [6.45, 7) is -0.310. The average Bonchev–Trinajstić information content (AvgIpc) is 2.67. The summed E-state index contributed by atoms with van der Waals surface area (Å²) < 4.78 is 5.02. The van der Waals surface area contributed by atoms with Gasteiger partial charge in [0, 0.05) is 6.04 Å². The van der Waals surface area contributed by atoms with E-state index in [1.165, 1.54) is 19.3 Å². The standard InChI is InChI=1S/C19H28N2O5/c20-16(11-14-7-3-1-4-8-14)18(23)19(24)21-26-13-17(22)25-12-15-9-5-2-6-10-15/h2,5-6,9-10,14,16,18,23H,1,3-4,7-8,11-13,20H2,(H,21,24)/t16-,18?/m1/s1. The second-order valence-corrected chi connectivity index (χ2v) is 6.75. The molecule has 1 aromatic rings. The molecular formula is C19H28N2O5. The topological polar surface area (TPSA) is 111 Å². The van der Waals surface area contributed by atoms with Gasteiger partial charge in [-0.05, 0) is 17.9 Å². The van der Waals surface area contributed by atoms with Crippen LogP contribution in [0.5, 0.6) is 0 Å². The van der Waals surface area contributed by atoms with Crippen molar-refractivity contribution < 1.29 is 24.3 Å². The first-order valence-electron chi connectivity index (χ1n) is 9.11. The molecule has 0 spiro atoms. The molecule has 1 fully saturated rings. The van der Waals surface area contributed by atoms with E-state index in [2.05, 4.69) is 5.48 Å². The van der Waals surface area contributed by atoms with Gasteiger partial charge in [-0.25, -0.2) is 10.3 Å². The van der Waals surface area contributed by atoms with Gasteiger partial charge in [-0.15, -0.1) is 0 Å². The van der Waals surface area contributed by atoms with Gasteiger partial charge in [-0.3, -0.25) is 9.63 Å². The maximum absolute atomic E-state index is 11.9. The molecule has 0 saturated heterocycles. The predicted molar refractivity (Wildman–Crippen MR) is 95.5 cm³/mol. The molecule has 2 rings (SSSR count). The van der Waals surface area contributed by atoms with Crippen LogP contribution in [0.2, 0.25) is 0 Å². The van der Waals surface area contributed by atoms with E-state index in [0.717, 1.165) is 18.4 Å². The number of ether oxygens (including phenoxy) is 1. The summed E-state index contributed by atoms with van der Waals surface area (Å²) >= 11 is 0. The van der Waals surface area contributed by atoms with Gasteiger partial charge >= 0.3 is 5.97 Å². The van der Waals surface area contributed by atoms with Crippen LogP contribution in [0.4, 0.5) is 0 Å². The molecule has 0 heterocycles. The van der Waals surface area contributed by atoms with Gasteiger partial charge in [-0.2, -0.15) is 0 Å². The van der Waals surface area contributed by atoms with Crippen LogP contribution in [0.25, 0.3) is 0 Å². The number of carbonyl (C=O) groups is 2. The van der Waals surface area contributed by atoms with E-state index in [9.17, 15) is 14.7 Å². The zero-order valence-electron chi connectivity index (χ0n) is 14.9. The molecule has 1 amide bonds. The van der Waals surface area contributed by atoms with Gasteiger partial charge in [0.15, 0.2) is 6.61 Å². The minimum atomic E-state index is -1.36. The Morgan fingerprint density at radius 1 is 1.19 bits per heavy atom. The molecule has 144 valence electrons. The number of hydrogen-bond donors (Lipinski definition) is 3. The molecule has 0 aliphatic heterocycles. The number of amides is 1. The van der Waals surface area contributed by atoms with E-state index in [0.29, 0.717) is 12.3 Å². The number of hydroxylamine groups is 1. The second-order valence-electron chi connectivity index (χ2n) is 6.75. The van der Waals surface area contributed by atoms with Crippen LogP contribution in [-0.4, -0.2) is 35.7 Å². The Balaban J connectivity index is 1.61. The smallest absolute Gasteiger partial charge is 0.335 e. The molecule has 0 aromatic heterocycles. The third kappa shape index (κ3) is 7.11. The van der Waals surface area contributed by atoms with Crippen molar-refractivity contribution >= 4 is 11.9 Å². The summed E-state index contributed by atoms with van der Waals surface area (Å²) in [5, 5.41) is 10.0. The first-order chi connectivity index (χ1) is 12.6. The number of hydrogen-bond acceptors (Lipinski definition) is 6. The lowest BCUT2D eigenvalue weighted by Gasteiger charge is -2.26. The van der Waals surface area contributed by atoms with Gasteiger partial charge < -0.3 is 15.6 Å². The van der Waals surface area contributed by atoms with Crippen molar-refractivity contribution in [2.24, 2.45) is 11.7 Å². The van der Waals surface area contributed by atoms with Crippen molar-refractivity contribution in [3.8, 4) is 0 Å². The molecule has 1 unspecified atom stereocenters. The molecule has 1 aliphatic rings. The minimum absolute atomic E-state index is 0.131. The van der Waals surface area contributed by atoms with Crippen LogP contribution in [0.15, 0.2) is 30.3 Å². The van der Waals surface area contributed by atoms with Crippen LogP contribution < -0.4 is 11.2 Å². The molecule has 0 radical (unpaired) electrons. The molecule has 7 heteroatoms. The number of nitrogens with one attached hydrogen (secondary N) is 1. The summed E-state index contributed by atoms with van der Waals surface area (Å²) in [6, 6.07) is 8.58. The molecule has 1 aromatic carbocycles. The zero-order valence-corrected chi connectivity index (χ0v) is 14.9. The van der Waals surface area contributed by atoms with Gasteiger partial charge in [-0.1, -0.05) is 62.4 Å². The van der Waals surface area contributed by atoms with E-state index in [-0.39, 0.29) is 6.61 Å². The Morgan fingerprint density at radius 2 is 1.88 bits per heavy atom. The largest absolute Gasteiger partial charge is 0.459 e. The van der Waals surface area contributed by atoms with E-state index < -0.39 is 30.6 Å². The Bertz CT molecular complexity index is 560. The number of benzene rings is 1. The highest BCUT2D eigenvalue weighted by Gasteiger charge is 2.26. The van der Waals surface area contributed by atoms with Gasteiger partial charge in [0.1, 0.15) is 12.7 Å². The lowest BCUT2D eigenvalue weighted by Crippen LogP contribution is -2.47. The van der Waals surface area contributed by atoms with Crippen LogP contribution in [-0.2, 0) is 25.8 Å². The van der Waals surface area contributed by atoms with Crippen molar-refractivity contribution in [1.29, 1.82) is 0 Å². The fraction of sp³-hybridized carbons (Fsp3) is 0.579. The van der Waals surface area contributed by atoms with Gasteiger partial charge in [0.2, 0.25) is 0 Å². The van der Waals surface area contributed by atoms with Crippen molar-refractivity contribution in [3.63, 3.8) is 0 Å². The van der Waals surface area contributed by atoms with E-state index in [1.807, 2.05) is 30.3 Å². The quantitative estimate of drug-likeness (QED) is 0.452. The summed E-state index contributed by atoms with van der Waals surface area (Å²) in [4.78, 5) is 28.3. The number of carbonyl (C=O) groups excluding carboxylic acids is 2. The predicted octanol–water partition coefficient (Wildman–Crippen LogP) is 1.44. The molecule has 1 saturated carbocycles. The maximum atomic E-state index is 11.9. The fourth-order valence-corrected chi connectivity index (χ4v) is 3.14. The second kappa shape index (κ2) is 10.9. The fourth-order valence-electron chi connectivity index (χ4n) is 3.14. The first-order valence-corrected chi connectivity index (χ1v) is 9.11. The molecule has 26 heavy (non-hydrogen) atoms. The van der Waals surface area contributed by atoms with Crippen LogP contribution in [0.3, 0.4) is 0 Å². The third-order valence-electron chi connectivity index (χ3n) is 4.61. The summed E-state index contributed by atoms with van der Waals surface area (Å²) in [5.74, 6) is -0.908. The molecular weight excluding hydrogens is 336 g/mol. The van der Waals surface area contributed by atoms with E-state index >= 15 is 0 Å². The molecule has 7 nitrogen and oxygen atoms in total. The van der Waals surface area contributed by atoms with Crippen molar-refractivity contribution in [2.45, 2.75) is 57.3 Å². The van der Waals surface area contributed by atoms with Crippen LogP contribution in [0, 0.1) is 5.92 Å². The summed E-state index contributed by atoms with van der Waals surface area (Å²) in [6.07, 6.45) is 5.01. The molecule has 0 bridgehead atoms. The minimum Gasteiger partial charge on any atom is -0.459 e. The van der Waals surface area contributed by atoms with E-state index in [4.69, 9.17) is 15.3 Å². The van der Waals surface area contributed by atoms with Crippen molar-refractivity contribution in [2.75, 3.05) is 6.61 Å². The Kier molecular flexibility index (Phi) is 8.53. The first kappa shape index (κ1) is 20.4. The normalized spacial score (nSPS) is 17.3. The van der Waals surface area contributed by atoms with Crippen molar-refractivity contribution in [1.82, 2.24) is 5.48 Å². The molecule has 2 atom stereocenters. The monoisotopic (exact) mass is 364 g/mol. The molecule has 1 aliphatic carbocycles. The molecule has 4 N–H and O–H groups in total. The highest BCUT2D eigenvalue weighted by molar-refractivity contribution is 5.80. The van der Waals surface area contributed by atoms with Crippen LogP contribution in [0.1, 0.15) is 44.1 Å². The average molecular weight is 364 g/mol. The highest BCUT2D eigenvalue weighted by Crippen LogP contribution is 2.27. The zero-order chi connectivity index (χ0) is 18.8. The maximum Gasteiger partial charge on any atom is 0.335 e. The highest BCUT2D eigenvalue weighted by atomic mass is 16.7. The SMILES string of the molecule is N[C@H](CC1CCCCC1)C(O)C(=O)NOCC(=O)OCc1ccccc1.